The molecule has 5 heteroatoms. The molecule has 0 aliphatic carbocycles. The molecule has 0 saturated carbocycles. The first-order valence-electron chi connectivity index (χ1n) is 4.79. The highest BCUT2D eigenvalue weighted by atomic mass is 79.9. The Labute approximate surface area is 96.1 Å². The van der Waals surface area contributed by atoms with Crippen LogP contribution in [0.1, 0.15) is 12.8 Å². The monoisotopic (exact) mass is 270 g/mol. The van der Waals surface area contributed by atoms with Crippen LogP contribution in [0.5, 0.6) is 0 Å². The van der Waals surface area contributed by atoms with Gasteiger partial charge in [-0.3, -0.25) is 4.98 Å². The number of carboxylic acids is 1. The Morgan fingerprint density at radius 1 is 1.67 bits per heavy atom. The minimum Gasteiger partial charge on any atom is -0.480 e. The van der Waals surface area contributed by atoms with Crippen molar-refractivity contribution in [1.29, 1.82) is 0 Å². The average molecular weight is 271 g/mol. The molecule has 1 fully saturated rings. The van der Waals surface area contributed by atoms with E-state index in [1.165, 1.54) is 0 Å². The lowest BCUT2D eigenvalue weighted by Gasteiger charge is -2.24. The van der Waals surface area contributed by atoms with Gasteiger partial charge in [0.2, 0.25) is 0 Å². The number of pyridine rings is 1. The third kappa shape index (κ3) is 1.97. The largest absolute Gasteiger partial charge is 0.480 e. The zero-order valence-corrected chi connectivity index (χ0v) is 9.64. The molecule has 0 aromatic carbocycles. The number of halogens is 1. The number of hydrogen-bond donors (Lipinski definition) is 1. The van der Waals surface area contributed by atoms with E-state index in [0.29, 0.717) is 6.42 Å². The second kappa shape index (κ2) is 4.18. The van der Waals surface area contributed by atoms with Gasteiger partial charge < -0.3 is 10.0 Å². The Morgan fingerprint density at radius 2 is 2.47 bits per heavy atom. The zero-order valence-electron chi connectivity index (χ0n) is 8.06. The first-order valence-corrected chi connectivity index (χ1v) is 5.58. The van der Waals surface area contributed by atoms with Crippen molar-refractivity contribution in [1.82, 2.24) is 4.98 Å². The molecule has 0 spiro atoms. The standard InChI is InChI=1S/C10H11BrN2O2/c11-7-6-12-4-3-8(7)13-5-1-2-9(13)10(14)15/h3-4,6,9H,1-2,5H2,(H,14,15). The van der Waals surface area contributed by atoms with Crippen molar-refractivity contribution in [2.75, 3.05) is 11.4 Å². The summed E-state index contributed by atoms with van der Waals surface area (Å²) in [4.78, 5) is 16.9. The second-order valence-electron chi connectivity index (χ2n) is 3.52. The number of aromatic nitrogens is 1. The topological polar surface area (TPSA) is 53.4 Å². The molecule has 1 aliphatic heterocycles. The van der Waals surface area contributed by atoms with Crippen LogP contribution in [0, 0.1) is 0 Å². The summed E-state index contributed by atoms with van der Waals surface area (Å²) < 4.78 is 0.846. The molecular formula is C10H11BrN2O2. The normalized spacial score (nSPS) is 20.6. The van der Waals surface area contributed by atoms with Crippen LogP contribution in [0.3, 0.4) is 0 Å². The van der Waals surface area contributed by atoms with Gasteiger partial charge in [0.1, 0.15) is 6.04 Å². The predicted octanol–water partition coefficient (Wildman–Crippen LogP) is 1.90. The minimum absolute atomic E-state index is 0.399. The molecule has 1 atom stereocenters. The van der Waals surface area contributed by atoms with Crippen LogP contribution >= 0.6 is 15.9 Å². The molecule has 1 aromatic heterocycles. The maximum atomic E-state index is 11.0. The summed E-state index contributed by atoms with van der Waals surface area (Å²) in [6.45, 7) is 0.791. The van der Waals surface area contributed by atoms with Gasteiger partial charge in [-0.2, -0.15) is 0 Å². The molecule has 1 aliphatic rings. The highest BCUT2D eigenvalue weighted by Crippen LogP contribution is 2.31. The maximum Gasteiger partial charge on any atom is 0.326 e. The second-order valence-corrected chi connectivity index (χ2v) is 4.37. The highest BCUT2D eigenvalue weighted by molar-refractivity contribution is 9.10. The van der Waals surface area contributed by atoms with Gasteiger partial charge in [-0.15, -0.1) is 0 Å². The molecule has 4 nitrogen and oxygen atoms in total. The smallest absolute Gasteiger partial charge is 0.326 e. The molecule has 1 unspecified atom stereocenters. The number of carboxylic acid groups (broad SMARTS) is 1. The number of anilines is 1. The molecule has 0 radical (unpaired) electrons. The molecule has 80 valence electrons. The summed E-state index contributed by atoms with van der Waals surface area (Å²) >= 11 is 3.39. The van der Waals surface area contributed by atoms with E-state index in [1.807, 2.05) is 11.0 Å². The van der Waals surface area contributed by atoms with E-state index < -0.39 is 12.0 Å². The quantitative estimate of drug-likeness (QED) is 0.892. The van der Waals surface area contributed by atoms with Crippen molar-refractivity contribution in [3.05, 3.63) is 22.9 Å². The van der Waals surface area contributed by atoms with E-state index in [1.54, 1.807) is 12.4 Å². The van der Waals surface area contributed by atoms with Gasteiger partial charge in [-0.25, -0.2) is 4.79 Å². The number of carbonyl (C=O) groups is 1. The fourth-order valence-corrected chi connectivity index (χ4v) is 2.39. The Kier molecular flexibility index (Phi) is 2.90. The van der Waals surface area contributed by atoms with Gasteiger partial charge in [0.15, 0.2) is 0 Å². The minimum atomic E-state index is -0.754. The molecule has 0 amide bonds. The summed E-state index contributed by atoms with van der Waals surface area (Å²) in [6.07, 6.45) is 5.00. The Morgan fingerprint density at radius 3 is 3.13 bits per heavy atom. The van der Waals surface area contributed by atoms with Crippen LogP contribution in [0.2, 0.25) is 0 Å². The molecule has 2 rings (SSSR count). The van der Waals surface area contributed by atoms with E-state index in [-0.39, 0.29) is 0 Å². The van der Waals surface area contributed by atoms with Crippen LogP contribution in [-0.4, -0.2) is 28.6 Å². The molecule has 1 saturated heterocycles. The summed E-state index contributed by atoms with van der Waals surface area (Å²) in [6, 6.07) is 1.44. The number of nitrogens with zero attached hydrogens (tertiary/aromatic N) is 2. The first-order chi connectivity index (χ1) is 7.20. The highest BCUT2D eigenvalue weighted by Gasteiger charge is 2.31. The van der Waals surface area contributed by atoms with Crippen molar-refractivity contribution >= 4 is 27.6 Å². The Bertz CT molecular complexity index is 383. The van der Waals surface area contributed by atoms with Crippen molar-refractivity contribution in [3.8, 4) is 0 Å². The third-order valence-corrected chi connectivity index (χ3v) is 3.21. The van der Waals surface area contributed by atoms with Gasteiger partial charge in [0.25, 0.3) is 0 Å². The van der Waals surface area contributed by atoms with Crippen LogP contribution in [0.15, 0.2) is 22.9 Å². The van der Waals surface area contributed by atoms with Crippen LogP contribution < -0.4 is 4.90 Å². The van der Waals surface area contributed by atoms with E-state index >= 15 is 0 Å². The van der Waals surface area contributed by atoms with Crippen molar-refractivity contribution in [3.63, 3.8) is 0 Å². The van der Waals surface area contributed by atoms with Crippen molar-refractivity contribution in [2.45, 2.75) is 18.9 Å². The lowest BCUT2D eigenvalue weighted by atomic mass is 10.2. The van der Waals surface area contributed by atoms with Crippen LogP contribution in [-0.2, 0) is 4.79 Å². The number of aliphatic carboxylic acids is 1. The van der Waals surface area contributed by atoms with Gasteiger partial charge in [0, 0.05) is 18.9 Å². The molecule has 0 bridgehead atoms. The number of hydrogen-bond acceptors (Lipinski definition) is 3. The lowest BCUT2D eigenvalue weighted by Crippen LogP contribution is -2.36. The Hall–Kier alpha value is -1.10. The maximum absolute atomic E-state index is 11.0. The molecule has 1 N–H and O–H groups in total. The molecule has 1 aromatic rings. The van der Waals surface area contributed by atoms with E-state index in [2.05, 4.69) is 20.9 Å². The summed E-state index contributed by atoms with van der Waals surface area (Å²) in [7, 11) is 0. The van der Waals surface area contributed by atoms with Gasteiger partial charge >= 0.3 is 5.97 Å². The van der Waals surface area contributed by atoms with Crippen molar-refractivity contribution < 1.29 is 9.90 Å². The Balaban J connectivity index is 2.30. The lowest BCUT2D eigenvalue weighted by molar-refractivity contribution is -0.138. The summed E-state index contributed by atoms with van der Waals surface area (Å²) in [5, 5.41) is 9.06. The zero-order chi connectivity index (χ0) is 10.8. The average Bonchev–Trinajstić information content (AvgIpc) is 2.67. The van der Waals surface area contributed by atoms with E-state index in [4.69, 9.17) is 5.11 Å². The molecular weight excluding hydrogens is 260 g/mol. The third-order valence-electron chi connectivity index (χ3n) is 2.60. The number of rotatable bonds is 2. The molecule has 2 heterocycles. The van der Waals surface area contributed by atoms with Crippen LogP contribution in [0.25, 0.3) is 0 Å². The fraction of sp³-hybridized carbons (Fsp3) is 0.400. The van der Waals surface area contributed by atoms with Gasteiger partial charge in [-0.1, -0.05) is 0 Å². The summed E-state index contributed by atoms with van der Waals surface area (Å²) in [5.41, 5.74) is 0.912. The fourth-order valence-electron chi connectivity index (χ4n) is 1.91. The predicted molar refractivity (Wildman–Crippen MR) is 59.9 cm³/mol. The van der Waals surface area contributed by atoms with Gasteiger partial charge in [-0.05, 0) is 34.8 Å². The van der Waals surface area contributed by atoms with Crippen LogP contribution in [0.4, 0.5) is 5.69 Å². The SMILES string of the molecule is O=C(O)C1CCCN1c1ccncc1Br. The van der Waals surface area contributed by atoms with Gasteiger partial charge in [0.05, 0.1) is 10.2 Å². The van der Waals surface area contributed by atoms with Crippen molar-refractivity contribution in [2.24, 2.45) is 0 Å². The molecule has 15 heavy (non-hydrogen) atoms. The van der Waals surface area contributed by atoms with E-state index in [9.17, 15) is 4.79 Å². The first kappa shape index (κ1) is 10.4. The summed E-state index contributed by atoms with van der Waals surface area (Å²) in [5.74, 6) is -0.754. The van der Waals surface area contributed by atoms with E-state index in [0.717, 1.165) is 23.1 Å².